The lowest BCUT2D eigenvalue weighted by Gasteiger charge is -2.28. The van der Waals surface area contributed by atoms with Crippen molar-refractivity contribution in [3.8, 4) is 0 Å². The standard InChI is InChI=1S/C57H94N12O14/c1-6-10-40(72)31-41(73)27-36(13-19-58)52(78)68-49(33(4)70)48(76)29-38(15-21-60)51(77)66-44-18-24-63-57(83)50(34(5)71)69-53(79)37(14-20-59)28-46(74)42(16-22-61)65-56(82)45(25-32(2)3)67-54(80)39(26-35-11-8-7-9-12-35)30-47(75)43(17-23-62)64-55(44)81/h7-9,11-12,32-34,36-39,42-45,49-50,70-71H,6,10,13-31,58-62H2,1-5H3,(H,63,83)(H,64,81)(H,65,82)(H,66,77)(H,67,80)(H,68,78)(H,69,79)/t33-,34-,36-,37-,38-,39+,42+,43+,44+,45+,49+,50+/m1/s1. The van der Waals surface area contributed by atoms with Crippen LogP contribution in [0.5, 0.6) is 0 Å². The number of rotatable bonds is 29. The summed E-state index contributed by atoms with van der Waals surface area (Å²) in [5.41, 5.74) is 30.1. The van der Waals surface area contributed by atoms with Crippen molar-refractivity contribution in [2.75, 3.05) is 39.3 Å². The van der Waals surface area contributed by atoms with Crippen molar-refractivity contribution in [1.29, 1.82) is 0 Å². The number of carbonyl (C=O) groups excluding carboxylic acids is 12. The summed E-state index contributed by atoms with van der Waals surface area (Å²) in [5, 5.41) is 39.8. The fourth-order valence-corrected chi connectivity index (χ4v) is 9.73. The molecule has 19 N–H and O–H groups in total. The van der Waals surface area contributed by atoms with E-state index in [4.69, 9.17) is 28.7 Å². The summed E-state index contributed by atoms with van der Waals surface area (Å²) in [6, 6.07) is 0.0256. The van der Waals surface area contributed by atoms with E-state index in [1.807, 2.05) is 13.8 Å². The fraction of sp³-hybridized carbons (Fsp3) is 0.684. The van der Waals surface area contributed by atoms with E-state index in [1.165, 1.54) is 13.8 Å². The van der Waals surface area contributed by atoms with Crippen molar-refractivity contribution >= 4 is 70.3 Å². The Morgan fingerprint density at radius 1 is 0.627 bits per heavy atom. The Morgan fingerprint density at radius 2 is 1.17 bits per heavy atom. The van der Waals surface area contributed by atoms with Gasteiger partial charge in [-0.25, -0.2) is 0 Å². The van der Waals surface area contributed by atoms with Gasteiger partial charge >= 0.3 is 0 Å². The summed E-state index contributed by atoms with van der Waals surface area (Å²) in [4.78, 5) is 166. The number of nitrogens with one attached hydrogen (secondary N) is 7. The van der Waals surface area contributed by atoms with Crippen LogP contribution in [0.25, 0.3) is 0 Å². The second kappa shape index (κ2) is 38.4. The van der Waals surface area contributed by atoms with Gasteiger partial charge in [0.25, 0.3) is 0 Å². The molecule has 1 fully saturated rings. The number of nitrogens with two attached hydrogens (primary N) is 5. The molecule has 0 aromatic heterocycles. The van der Waals surface area contributed by atoms with Crippen LogP contribution in [-0.2, 0) is 64.0 Å². The summed E-state index contributed by atoms with van der Waals surface area (Å²) < 4.78 is 0. The molecular formula is C57H94N12O14. The van der Waals surface area contributed by atoms with Crippen molar-refractivity contribution in [2.24, 2.45) is 58.3 Å². The SMILES string of the molecule is CCCC(=O)CC(=O)C[C@@H](CCN)C(=O)N[C@H](C(=O)C[C@@H](CCN)C(=O)N[C@H]1CCNC(=O)[C@H]([C@@H](C)O)NC(=O)[C@H](CCN)CC(=O)[C@H](CCN)NC(=O)[C@H](CC(C)C)NC(=O)[C@@H](Cc2ccccc2)CC(=O)[C@H](CCN)NC1=O)[C@@H](C)O. The highest BCUT2D eigenvalue weighted by atomic mass is 16.3. The number of carbonyl (C=O) groups is 12. The average molecular weight is 1170 g/mol. The second-order valence-electron chi connectivity index (χ2n) is 22.0. The van der Waals surface area contributed by atoms with E-state index in [2.05, 4.69) is 37.2 Å². The molecule has 83 heavy (non-hydrogen) atoms. The summed E-state index contributed by atoms with van der Waals surface area (Å²) in [6.45, 7) is 6.93. The van der Waals surface area contributed by atoms with Crippen molar-refractivity contribution in [3.63, 3.8) is 0 Å². The largest absolute Gasteiger partial charge is 0.391 e. The molecule has 26 nitrogen and oxygen atoms in total. The molecule has 0 unspecified atom stereocenters. The van der Waals surface area contributed by atoms with E-state index in [1.54, 1.807) is 37.3 Å². The van der Waals surface area contributed by atoms with Crippen molar-refractivity contribution in [3.05, 3.63) is 35.9 Å². The molecule has 1 aliphatic rings. The molecule has 1 saturated heterocycles. The molecule has 0 spiro atoms. The molecular weight excluding hydrogens is 1080 g/mol. The minimum absolute atomic E-state index is 0.00146. The molecule has 1 heterocycles. The van der Waals surface area contributed by atoms with E-state index < -0.39 is 169 Å². The molecule has 1 aliphatic heterocycles. The number of ketones is 5. The van der Waals surface area contributed by atoms with E-state index in [9.17, 15) is 67.7 Å². The predicted octanol–water partition coefficient (Wildman–Crippen LogP) is -2.73. The van der Waals surface area contributed by atoms with Crippen LogP contribution >= 0.6 is 0 Å². The third-order valence-electron chi connectivity index (χ3n) is 14.3. The first kappa shape index (κ1) is 72.7. The van der Waals surface area contributed by atoms with Gasteiger partial charge < -0.3 is 76.1 Å². The van der Waals surface area contributed by atoms with Crippen LogP contribution in [0.2, 0.25) is 0 Å². The Kier molecular flexibility index (Phi) is 33.7. The third-order valence-corrected chi connectivity index (χ3v) is 14.3. The van der Waals surface area contributed by atoms with Gasteiger partial charge in [0.05, 0.1) is 30.7 Å². The smallest absolute Gasteiger partial charge is 0.245 e. The van der Waals surface area contributed by atoms with E-state index >= 15 is 0 Å². The predicted molar refractivity (Wildman–Crippen MR) is 308 cm³/mol. The van der Waals surface area contributed by atoms with Gasteiger partial charge in [0.1, 0.15) is 35.7 Å². The number of aliphatic hydroxyl groups is 2. The van der Waals surface area contributed by atoms with Crippen LogP contribution < -0.4 is 65.9 Å². The molecule has 2 rings (SSSR count). The van der Waals surface area contributed by atoms with Gasteiger partial charge in [-0.3, -0.25) is 57.5 Å². The average Bonchev–Trinajstić information content (AvgIpc) is 3.49. The van der Waals surface area contributed by atoms with Crippen molar-refractivity contribution < 1.29 is 67.7 Å². The number of amides is 7. The minimum atomic E-state index is -1.64. The molecule has 26 heteroatoms. The summed E-state index contributed by atoms with van der Waals surface area (Å²) in [6.07, 6.45) is -5.47. The maximum atomic E-state index is 14.6. The Morgan fingerprint density at radius 3 is 1.70 bits per heavy atom. The normalized spacial score (nSPS) is 23.0. The molecule has 0 bridgehead atoms. The van der Waals surface area contributed by atoms with E-state index in [0.717, 1.165) is 0 Å². The van der Waals surface area contributed by atoms with Crippen LogP contribution in [0.15, 0.2) is 30.3 Å². The van der Waals surface area contributed by atoms with Crippen LogP contribution in [0.1, 0.15) is 130 Å². The van der Waals surface area contributed by atoms with Crippen LogP contribution in [0.4, 0.5) is 0 Å². The van der Waals surface area contributed by atoms with Crippen LogP contribution in [0.3, 0.4) is 0 Å². The Hall–Kier alpha value is -6.42. The summed E-state index contributed by atoms with van der Waals surface area (Å²) >= 11 is 0. The maximum absolute atomic E-state index is 14.6. The van der Waals surface area contributed by atoms with Gasteiger partial charge in [0, 0.05) is 62.3 Å². The molecule has 0 radical (unpaired) electrons. The molecule has 7 amide bonds. The lowest BCUT2D eigenvalue weighted by molar-refractivity contribution is -0.137. The second-order valence-corrected chi connectivity index (χ2v) is 22.0. The molecule has 0 saturated carbocycles. The third kappa shape index (κ3) is 25.9. The van der Waals surface area contributed by atoms with Crippen LogP contribution in [-0.4, -0.2) is 168 Å². The molecule has 0 aliphatic carbocycles. The molecule has 466 valence electrons. The lowest BCUT2D eigenvalue weighted by Crippen LogP contribution is -2.56. The lowest BCUT2D eigenvalue weighted by atomic mass is 9.89. The molecule has 12 atom stereocenters. The van der Waals surface area contributed by atoms with Gasteiger partial charge in [0.2, 0.25) is 41.4 Å². The highest BCUT2D eigenvalue weighted by Gasteiger charge is 2.38. The monoisotopic (exact) mass is 1170 g/mol. The Labute approximate surface area is 486 Å². The first-order chi connectivity index (χ1) is 39.3. The van der Waals surface area contributed by atoms with Crippen molar-refractivity contribution in [2.45, 2.75) is 179 Å². The van der Waals surface area contributed by atoms with Gasteiger partial charge in [0.15, 0.2) is 17.3 Å². The molecule has 1 aromatic carbocycles. The number of benzene rings is 1. The highest BCUT2D eigenvalue weighted by Crippen LogP contribution is 2.20. The highest BCUT2D eigenvalue weighted by molar-refractivity contribution is 6.01. The quantitative estimate of drug-likeness (QED) is 0.0362. The maximum Gasteiger partial charge on any atom is 0.245 e. The van der Waals surface area contributed by atoms with Gasteiger partial charge in [-0.05, 0) is 116 Å². The van der Waals surface area contributed by atoms with E-state index in [0.29, 0.717) is 12.0 Å². The van der Waals surface area contributed by atoms with E-state index in [-0.39, 0.29) is 109 Å². The van der Waals surface area contributed by atoms with Crippen LogP contribution in [0, 0.1) is 29.6 Å². The Bertz CT molecular complexity index is 2320. The summed E-state index contributed by atoms with van der Waals surface area (Å²) in [7, 11) is 0. The zero-order valence-corrected chi connectivity index (χ0v) is 48.9. The summed E-state index contributed by atoms with van der Waals surface area (Å²) in [5.74, 6) is -13.7. The fourth-order valence-electron chi connectivity index (χ4n) is 9.73. The number of Topliss-reactive ketones (excluding diaryl/α,β-unsaturated/α-hetero) is 5. The number of hydrogen-bond acceptors (Lipinski definition) is 19. The first-order valence-corrected chi connectivity index (χ1v) is 29.0. The van der Waals surface area contributed by atoms with Gasteiger partial charge in [-0.1, -0.05) is 51.1 Å². The zero-order chi connectivity index (χ0) is 62.3. The Balaban J connectivity index is 2.71. The first-order valence-electron chi connectivity index (χ1n) is 29.0. The zero-order valence-electron chi connectivity index (χ0n) is 48.9. The van der Waals surface area contributed by atoms with Gasteiger partial charge in [-0.15, -0.1) is 0 Å². The van der Waals surface area contributed by atoms with Crippen molar-refractivity contribution in [1.82, 2.24) is 37.2 Å². The minimum Gasteiger partial charge on any atom is -0.391 e. The molecule has 1 aromatic rings. The number of aliphatic hydroxyl groups excluding tert-OH is 2. The van der Waals surface area contributed by atoms with Gasteiger partial charge in [-0.2, -0.15) is 0 Å². The topological polar surface area (TPSA) is 460 Å². The number of hydrogen-bond donors (Lipinski definition) is 14.